The van der Waals surface area contributed by atoms with E-state index in [4.69, 9.17) is 4.74 Å². The number of ether oxygens (including phenoxy) is 1. The van der Waals surface area contributed by atoms with Crippen molar-refractivity contribution in [2.75, 3.05) is 10.6 Å². The summed E-state index contributed by atoms with van der Waals surface area (Å²) in [7, 11) is 0. The zero-order chi connectivity index (χ0) is 19.5. The standard InChI is InChI=1S/C22H19N3O3/c1-14(26)24-17-9-7-15(8-10-17)18-11-12-23-22-19(18)13-20(28-22)21(27)25-16-5-3-2-4-6-16/h2-12,20H,13H2,1H3,(H,24,26)(H,25,27). The summed E-state index contributed by atoms with van der Waals surface area (Å²) in [6.07, 6.45) is 1.50. The molecule has 1 aliphatic heterocycles. The SMILES string of the molecule is CC(=O)Nc1ccc(-c2ccnc3c2CC(C(=O)Nc2ccccc2)O3)cc1. The van der Waals surface area contributed by atoms with Crippen LogP contribution >= 0.6 is 0 Å². The van der Waals surface area contributed by atoms with E-state index in [0.717, 1.165) is 28.1 Å². The van der Waals surface area contributed by atoms with Gasteiger partial charge in [-0.15, -0.1) is 0 Å². The highest BCUT2D eigenvalue weighted by atomic mass is 16.5. The number of rotatable bonds is 4. The van der Waals surface area contributed by atoms with Crippen LogP contribution in [0.1, 0.15) is 12.5 Å². The molecule has 0 radical (unpaired) electrons. The van der Waals surface area contributed by atoms with E-state index >= 15 is 0 Å². The van der Waals surface area contributed by atoms with Gasteiger partial charge in [-0.3, -0.25) is 9.59 Å². The molecule has 2 aromatic carbocycles. The fraction of sp³-hybridized carbons (Fsp3) is 0.136. The lowest BCUT2D eigenvalue weighted by Gasteiger charge is -2.10. The van der Waals surface area contributed by atoms with Gasteiger partial charge in [0.15, 0.2) is 6.10 Å². The van der Waals surface area contributed by atoms with E-state index in [0.29, 0.717) is 12.3 Å². The molecule has 28 heavy (non-hydrogen) atoms. The van der Waals surface area contributed by atoms with Crippen LogP contribution in [0.15, 0.2) is 66.9 Å². The van der Waals surface area contributed by atoms with Crippen molar-refractivity contribution >= 4 is 23.2 Å². The molecule has 1 aromatic heterocycles. The Bertz CT molecular complexity index is 1020. The zero-order valence-corrected chi connectivity index (χ0v) is 15.3. The number of fused-ring (bicyclic) bond motifs is 1. The second kappa shape index (κ2) is 7.52. The maximum Gasteiger partial charge on any atom is 0.265 e. The summed E-state index contributed by atoms with van der Waals surface area (Å²) in [5, 5.41) is 5.62. The molecule has 2 N–H and O–H groups in total. The predicted octanol–water partition coefficient (Wildman–Crippen LogP) is 3.65. The molecule has 6 heteroatoms. The first-order valence-corrected chi connectivity index (χ1v) is 8.98. The third-order valence-corrected chi connectivity index (χ3v) is 4.51. The van der Waals surface area contributed by atoms with Crippen LogP contribution in [0.25, 0.3) is 11.1 Å². The van der Waals surface area contributed by atoms with Gasteiger partial charge < -0.3 is 15.4 Å². The number of amides is 2. The van der Waals surface area contributed by atoms with E-state index in [1.807, 2.05) is 60.7 Å². The molecule has 3 aromatic rings. The first-order chi connectivity index (χ1) is 13.6. The lowest BCUT2D eigenvalue weighted by atomic mass is 9.98. The third-order valence-electron chi connectivity index (χ3n) is 4.51. The highest BCUT2D eigenvalue weighted by Gasteiger charge is 2.32. The highest BCUT2D eigenvalue weighted by Crippen LogP contribution is 2.35. The van der Waals surface area contributed by atoms with Crippen LogP contribution in [0.4, 0.5) is 11.4 Å². The molecular weight excluding hydrogens is 354 g/mol. The summed E-state index contributed by atoms with van der Waals surface area (Å²) in [4.78, 5) is 28.0. The molecule has 0 saturated carbocycles. The van der Waals surface area contributed by atoms with Crippen molar-refractivity contribution in [3.05, 3.63) is 72.4 Å². The smallest absolute Gasteiger partial charge is 0.265 e. The van der Waals surface area contributed by atoms with Gasteiger partial charge in [0.2, 0.25) is 11.8 Å². The quantitative estimate of drug-likeness (QED) is 0.732. The molecule has 0 saturated heterocycles. The minimum absolute atomic E-state index is 0.113. The number of hydrogen-bond acceptors (Lipinski definition) is 4. The number of carbonyl (C=O) groups excluding carboxylic acids is 2. The maximum absolute atomic E-state index is 12.6. The number of aromatic nitrogens is 1. The van der Waals surface area contributed by atoms with Gasteiger partial charge in [-0.1, -0.05) is 30.3 Å². The maximum atomic E-state index is 12.6. The van der Waals surface area contributed by atoms with Crippen molar-refractivity contribution in [2.24, 2.45) is 0 Å². The Kier molecular flexibility index (Phi) is 4.76. The molecule has 6 nitrogen and oxygen atoms in total. The Hall–Kier alpha value is -3.67. The molecule has 0 aliphatic carbocycles. The normalized spacial score (nSPS) is 14.7. The van der Waals surface area contributed by atoms with Crippen molar-refractivity contribution < 1.29 is 14.3 Å². The molecule has 1 unspecified atom stereocenters. The van der Waals surface area contributed by atoms with Crippen LogP contribution in [0.5, 0.6) is 5.88 Å². The fourth-order valence-electron chi connectivity index (χ4n) is 3.23. The minimum Gasteiger partial charge on any atom is -0.464 e. The Morgan fingerprint density at radius 2 is 1.68 bits per heavy atom. The summed E-state index contributed by atoms with van der Waals surface area (Å²) < 4.78 is 5.80. The Balaban J connectivity index is 1.53. The van der Waals surface area contributed by atoms with E-state index in [2.05, 4.69) is 15.6 Å². The first-order valence-electron chi connectivity index (χ1n) is 8.98. The molecule has 0 fully saturated rings. The zero-order valence-electron chi connectivity index (χ0n) is 15.3. The van der Waals surface area contributed by atoms with E-state index in [1.54, 1.807) is 6.20 Å². The van der Waals surface area contributed by atoms with Crippen molar-refractivity contribution in [1.29, 1.82) is 0 Å². The van der Waals surface area contributed by atoms with Gasteiger partial charge in [0.1, 0.15) is 0 Å². The number of nitrogens with one attached hydrogen (secondary N) is 2. The van der Waals surface area contributed by atoms with Crippen LogP contribution in [-0.4, -0.2) is 22.9 Å². The molecule has 140 valence electrons. The molecular formula is C22H19N3O3. The lowest BCUT2D eigenvalue weighted by molar-refractivity contribution is -0.122. The van der Waals surface area contributed by atoms with Gasteiger partial charge in [0, 0.05) is 36.5 Å². The number of nitrogens with zero attached hydrogens (tertiary/aromatic N) is 1. The minimum atomic E-state index is -0.623. The van der Waals surface area contributed by atoms with E-state index in [1.165, 1.54) is 6.92 Å². The van der Waals surface area contributed by atoms with Gasteiger partial charge in [-0.25, -0.2) is 4.98 Å². The van der Waals surface area contributed by atoms with Crippen molar-refractivity contribution in [2.45, 2.75) is 19.4 Å². The van der Waals surface area contributed by atoms with E-state index in [9.17, 15) is 9.59 Å². The summed E-state index contributed by atoms with van der Waals surface area (Å²) in [6.45, 7) is 1.47. The van der Waals surface area contributed by atoms with Crippen LogP contribution in [0.3, 0.4) is 0 Å². The molecule has 0 spiro atoms. The highest BCUT2D eigenvalue weighted by molar-refractivity contribution is 5.95. The van der Waals surface area contributed by atoms with Crippen molar-refractivity contribution in [3.63, 3.8) is 0 Å². The van der Waals surface area contributed by atoms with Gasteiger partial charge >= 0.3 is 0 Å². The number of benzene rings is 2. The number of hydrogen-bond donors (Lipinski definition) is 2. The Morgan fingerprint density at radius 3 is 2.39 bits per heavy atom. The van der Waals surface area contributed by atoms with E-state index in [-0.39, 0.29) is 11.8 Å². The lowest BCUT2D eigenvalue weighted by Crippen LogP contribution is -2.31. The van der Waals surface area contributed by atoms with Crippen molar-refractivity contribution in [1.82, 2.24) is 4.98 Å². The largest absolute Gasteiger partial charge is 0.464 e. The molecule has 2 amide bonds. The molecule has 2 heterocycles. The summed E-state index contributed by atoms with van der Waals surface area (Å²) in [5.41, 5.74) is 4.31. The Labute approximate surface area is 162 Å². The third kappa shape index (κ3) is 3.71. The van der Waals surface area contributed by atoms with Crippen molar-refractivity contribution in [3.8, 4) is 17.0 Å². The second-order valence-corrected chi connectivity index (χ2v) is 6.57. The van der Waals surface area contributed by atoms with Crippen LogP contribution in [-0.2, 0) is 16.0 Å². The van der Waals surface area contributed by atoms with E-state index < -0.39 is 6.10 Å². The monoisotopic (exact) mass is 373 g/mol. The van der Waals surface area contributed by atoms with Gasteiger partial charge in [0.25, 0.3) is 5.91 Å². The number of anilines is 2. The molecule has 4 rings (SSSR count). The Morgan fingerprint density at radius 1 is 0.964 bits per heavy atom. The average Bonchev–Trinajstić information content (AvgIpc) is 3.13. The number of carbonyl (C=O) groups is 2. The number of pyridine rings is 1. The van der Waals surface area contributed by atoms with Gasteiger partial charge in [-0.2, -0.15) is 0 Å². The fourth-order valence-corrected chi connectivity index (χ4v) is 3.23. The van der Waals surface area contributed by atoms with Crippen LogP contribution < -0.4 is 15.4 Å². The summed E-state index contributed by atoms with van der Waals surface area (Å²) >= 11 is 0. The molecule has 0 bridgehead atoms. The summed E-state index contributed by atoms with van der Waals surface area (Å²) in [5.74, 6) is 0.172. The number of para-hydroxylation sites is 1. The molecule has 1 aliphatic rings. The topological polar surface area (TPSA) is 80.3 Å². The second-order valence-electron chi connectivity index (χ2n) is 6.57. The predicted molar refractivity (Wildman–Crippen MR) is 107 cm³/mol. The van der Waals surface area contributed by atoms with Crippen LogP contribution in [0.2, 0.25) is 0 Å². The summed E-state index contributed by atoms with van der Waals surface area (Å²) in [6, 6.07) is 18.8. The molecule has 1 atom stereocenters. The van der Waals surface area contributed by atoms with Gasteiger partial charge in [0.05, 0.1) is 0 Å². The van der Waals surface area contributed by atoms with Gasteiger partial charge in [-0.05, 0) is 41.5 Å². The van der Waals surface area contributed by atoms with Crippen LogP contribution in [0, 0.1) is 0 Å². The first kappa shape index (κ1) is 17.7. The average molecular weight is 373 g/mol.